The van der Waals surface area contributed by atoms with E-state index < -0.39 is 0 Å². The molecule has 0 bridgehead atoms. The van der Waals surface area contributed by atoms with E-state index in [0.717, 1.165) is 30.6 Å². The number of hydrogen-bond donors (Lipinski definition) is 1. The van der Waals surface area contributed by atoms with Crippen molar-refractivity contribution in [2.75, 3.05) is 19.7 Å². The highest BCUT2D eigenvalue weighted by Crippen LogP contribution is 2.34. The summed E-state index contributed by atoms with van der Waals surface area (Å²) < 4.78 is 1.77. The molecule has 0 aliphatic carbocycles. The van der Waals surface area contributed by atoms with Gasteiger partial charge in [0.2, 0.25) is 0 Å². The van der Waals surface area contributed by atoms with Crippen molar-refractivity contribution in [1.82, 2.24) is 19.7 Å². The molecule has 6 heteroatoms. The Balaban J connectivity index is 1.76. The fraction of sp³-hybridized carbons (Fsp3) is 0.500. The third kappa shape index (κ3) is 2.94. The van der Waals surface area contributed by atoms with Gasteiger partial charge in [-0.25, -0.2) is 4.68 Å². The fourth-order valence-corrected chi connectivity index (χ4v) is 3.34. The van der Waals surface area contributed by atoms with E-state index >= 15 is 0 Å². The van der Waals surface area contributed by atoms with Crippen LogP contribution in [0.3, 0.4) is 0 Å². The number of piperidine rings is 1. The molecular formula is C18H24N4O2. The third-order valence-corrected chi connectivity index (χ3v) is 5.34. The van der Waals surface area contributed by atoms with Crippen molar-refractivity contribution in [3.63, 3.8) is 0 Å². The Kier molecular flexibility index (Phi) is 4.66. The summed E-state index contributed by atoms with van der Waals surface area (Å²) in [6.07, 6.45) is 7.71. The summed E-state index contributed by atoms with van der Waals surface area (Å²) in [7, 11) is 0. The minimum absolute atomic E-state index is 0.0208. The van der Waals surface area contributed by atoms with Crippen LogP contribution in [0.15, 0.2) is 30.7 Å². The molecule has 0 unspecified atom stereocenters. The number of carbonyl (C=O) groups excluding carboxylic acids is 1. The first kappa shape index (κ1) is 16.6. The molecule has 0 saturated carbocycles. The maximum Gasteiger partial charge on any atom is 0.257 e. The van der Waals surface area contributed by atoms with Crippen molar-refractivity contribution in [2.45, 2.75) is 33.1 Å². The van der Waals surface area contributed by atoms with Gasteiger partial charge in [-0.2, -0.15) is 5.10 Å². The maximum absolute atomic E-state index is 12.9. The van der Waals surface area contributed by atoms with Gasteiger partial charge in [-0.15, -0.1) is 0 Å². The second-order valence-electron chi connectivity index (χ2n) is 6.56. The van der Waals surface area contributed by atoms with Crippen LogP contribution in [0, 0.1) is 12.3 Å². The van der Waals surface area contributed by atoms with Crippen LogP contribution >= 0.6 is 0 Å². The van der Waals surface area contributed by atoms with Gasteiger partial charge in [-0.1, -0.05) is 6.92 Å². The number of carbonyl (C=O) groups is 1. The van der Waals surface area contributed by atoms with Crippen molar-refractivity contribution < 1.29 is 9.90 Å². The Bertz CT molecular complexity index is 697. The van der Waals surface area contributed by atoms with E-state index in [1.54, 1.807) is 23.3 Å². The van der Waals surface area contributed by atoms with E-state index in [4.69, 9.17) is 0 Å². The minimum atomic E-state index is -0.0208. The quantitative estimate of drug-likeness (QED) is 0.934. The van der Waals surface area contributed by atoms with E-state index in [-0.39, 0.29) is 17.9 Å². The van der Waals surface area contributed by atoms with Crippen LogP contribution in [0.25, 0.3) is 5.69 Å². The van der Waals surface area contributed by atoms with Gasteiger partial charge in [0.05, 0.1) is 23.1 Å². The van der Waals surface area contributed by atoms with Crippen LogP contribution < -0.4 is 0 Å². The number of aromatic nitrogens is 3. The van der Waals surface area contributed by atoms with Crippen LogP contribution in [0.4, 0.5) is 0 Å². The van der Waals surface area contributed by atoms with Crippen LogP contribution in [-0.2, 0) is 0 Å². The monoisotopic (exact) mass is 328 g/mol. The predicted molar refractivity (Wildman–Crippen MR) is 91.0 cm³/mol. The van der Waals surface area contributed by atoms with E-state index in [1.807, 2.05) is 24.0 Å². The highest BCUT2D eigenvalue weighted by molar-refractivity contribution is 5.95. The molecule has 1 fully saturated rings. The number of likely N-dealkylation sites (tertiary alicyclic amines) is 1. The number of rotatable bonds is 4. The van der Waals surface area contributed by atoms with Crippen molar-refractivity contribution in [3.8, 4) is 5.69 Å². The average Bonchev–Trinajstić information content (AvgIpc) is 3.03. The molecule has 24 heavy (non-hydrogen) atoms. The number of aliphatic hydroxyl groups excluding tert-OH is 1. The Morgan fingerprint density at radius 3 is 2.54 bits per heavy atom. The minimum Gasteiger partial charge on any atom is -0.396 e. The lowest BCUT2D eigenvalue weighted by molar-refractivity contribution is 0.0337. The van der Waals surface area contributed by atoms with E-state index in [1.165, 1.54) is 0 Å². The van der Waals surface area contributed by atoms with Crippen molar-refractivity contribution in [3.05, 3.63) is 42.0 Å². The normalized spacial score (nSPS) is 17.0. The Labute approximate surface area is 142 Å². The summed E-state index contributed by atoms with van der Waals surface area (Å²) in [6, 6.07) is 3.73. The van der Waals surface area contributed by atoms with Crippen LogP contribution in [0.2, 0.25) is 0 Å². The molecule has 1 amide bonds. The summed E-state index contributed by atoms with van der Waals surface area (Å²) in [5, 5.41) is 14.0. The van der Waals surface area contributed by atoms with Gasteiger partial charge in [0.15, 0.2) is 0 Å². The van der Waals surface area contributed by atoms with Gasteiger partial charge < -0.3 is 10.0 Å². The molecule has 0 radical (unpaired) electrons. The largest absolute Gasteiger partial charge is 0.396 e. The topological polar surface area (TPSA) is 71.2 Å². The van der Waals surface area contributed by atoms with Crippen LogP contribution in [-0.4, -0.2) is 50.4 Å². The number of aliphatic hydroxyl groups is 1. The zero-order valence-corrected chi connectivity index (χ0v) is 14.3. The summed E-state index contributed by atoms with van der Waals surface area (Å²) in [6.45, 7) is 5.59. The highest BCUT2D eigenvalue weighted by Gasteiger charge is 2.34. The smallest absolute Gasteiger partial charge is 0.257 e. The van der Waals surface area contributed by atoms with Crippen LogP contribution in [0.1, 0.15) is 42.2 Å². The summed E-state index contributed by atoms with van der Waals surface area (Å²) in [4.78, 5) is 18.7. The number of pyridine rings is 1. The van der Waals surface area contributed by atoms with E-state index in [0.29, 0.717) is 18.7 Å². The van der Waals surface area contributed by atoms with Gasteiger partial charge in [-0.05, 0) is 43.7 Å². The molecule has 1 aliphatic rings. The van der Waals surface area contributed by atoms with Crippen molar-refractivity contribution in [1.29, 1.82) is 0 Å². The zero-order chi connectivity index (χ0) is 17.2. The number of nitrogens with zero attached hydrogens (tertiary/aromatic N) is 4. The summed E-state index contributed by atoms with van der Waals surface area (Å²) in [5.74, 6) is 0.0236. The molecule has 0 spiro atoms. The Morgan fingerprint density at radius 2 is 1.96 bits per heavy atom. The molecule has 128 valence electrons. The van der Waals surface area contributed by atoms with Gasteiger partial charge >= 0.3 is 0 Å². The SMILES string of the molecule is CCC1(CO)CCN(C(=O)c2cnn(-c3ccncc3)c2C)CC1. The molecule has 6 nitrogen and oxygen atoms in total. The molecule has 0 atom stereocenters. The van der Waals surface area contributed by atoms with Crippen molar-refractivity contribution >= 4 is 5.91 Å². The van der Waals surface area contributed by atoms with Gasteiger partial charge in [-0.3, -0.25) is 9.78 Å². The first-order valence-corrected chi connectivity index (χ1v) is 8.45. The second-order valence-corrected chi connectivity index (χ2v) is 6.56. The Hall–Kier alpha value is -2.21. The van der Waals surface area contributed by atoms with Gasteiger partial charge in [0.1, 0.15) is 0 Å². The highest BCUT2D eigenvalue weighted by atomic mass is 16.3. The molecule has 3 rings (SSSR count). The van der Waals surface area contributed by atoms with Crippen molar-refractivity contribution in [2.24, 2.45) is 5.41 Å². The number of amides is 1. The van der Waals surface area contributed by atoms with E-state index in [2.05, 4.69) is 17.0 Å². The zero-order valence-electron chi connectivity index (χ0n) is 14.3. The molecular weight excluding hydrogens is 304 g/mol. The fourth-order valence-electron chi connectivity index (χ4n) is 3.34. The molecule has 1 N–H and O–H groups in total. The molecule has 2 aromatic heterocycles. The maximum atomic E-state index is 12.9. The lowest BCUT2D eigenvalue weighted by atomic mass is 9.77. The lowest BCUT2D eigenvalue weighted by Crippen LogP contribution is -2.44. The molecule has 2 aromatic rings. The first-order chi connectivity index (χ1) is 11.6. The predicted octanol–water partition coefficient (Wildman–Crippen LogP) is 2.20. The third-order valence-electron chi connectivity index (χ3n) is 5.34. The average molecular weight is 328 g/mol. The summed E-state index contributed by atoms with van der Waals surface area (Å²) in [5.41, 5.74) is 2.35. The Morgan fingerprint density at radius 1 is 1.29 bits per heavy atom. The lowest BCUT2D eigenvalue weighted by Gasteiger charge is -2.40. The standard InChI is InChI=1S/C18H24N4O2/c1-3-18(13-23)6-10-21(11-7-18)17(24)16-12-20-22(14(16)2)15-4-8-19-9-5-15/h4-5,8-9,12,23H,3,6-7,10-11,13H2,1-2H3. The first-order valence-electron chi connectivity index (χ1n) is 8.45. The summed E-state index contributed by atoms with van der Waals surface area (Å²) >= 11 is 0. The molecule has 0 aromatic carbocycles. The molecule has 1 saturated heterocycles. The van der Waals surface area contributed by atoms with Crippen LogP contribution in [0.5, 0.6) is 0 Å². The van der Waals surface area contributed by atoms with Gasteiger partial charge in [0.25, 0.3) is 5.91 Å². The molecule has 3 heterocycles. The number of hydrogen-bond acceptors (Lipinski definition) is 4. The van der Waals surface area contributed by atoms with Gasteiger partial charge in [0, 0.05) is 32.1 Å². The van der Waals surface area contributed by atoms with E-state index in [9.17, 15) is 9.90 Å². The second kappa shape index (κ2) is 6.73. The molecule has 1 aliphatic heterocycles.